The van der Waals surface area contributed by atoms with Gasteiger partial charge in [-0.2, -0.15) is 0 Å². The van der Waals surface area contributed by atoms with Crippen LogP contribution in [0.5, 0.6) is 0 Å². The van der Waals surface area contributed by atoms with E-state index in [9.17, 15) is 0 Å². The summed E-state index contributed by atoms with van der Waals surface area (Å²) in [6.45, 7) is 1.92. The summed E-state index contributed by atoms with van der Waals surface area (Å²) in [5, 5.41) is 3.47. The van der Waals surface area contributed by atoms with Gasteiger partial charge in [0.1, 0.15) is 0 Å². The molecule has 2 nitrogen and oxygen atoms in total. The minimum Gasteiger partial charge on any atom is -0.385 e. The topological polar surface area (TPSA) is 21.3 Å². The highest BCUT2D eigenvalue weighted by molar-refractivity contribution is 5.65. The van der Waals surface area contributed by atoms with Crippen LogP contribution in [-0.2, 0) is 4.74 Å². The lowest BCUT2D eigenvalue weighted by Gasteiger charge is -2.11. The number of nitrogens with one attached hydrogen (secondary N) is 1. The molecule has 3 rings (SSSR count). The molecule has 0 radical (unpaired) electrons. The van der Waals surface area contributed by atoms with E-state index in [1.165, 1.54) is 29.7 Å². The Balaban J connectivity index is 1.53. The Morgan fingerprint density at radius 1 is 0.950 bits per heavy atom. The summed E-state index contributed by atoms with van der Waals surface area (Å²) >= 11 is 0. The molecule has 1 unspecified atom stereocenters. The Labute approximate surface area is 120 Å². The maximum atomic E-state index is 5.63. The van der Waals surface area contributed by atoms with Gasteiger partial charge >= 0.3 is 0 Å². The second-order valence-corrected chi connectivity index (χ2v) is 5.29. The molecule has 1 N–H and O–H groups in total. The maximum absolute atomic E-state index is 5.63. The third kappa shape index (κ3) is 3.40. The molecule has 20 heavy (non-hydrogen) atoms. The van der Waals surface area contributed by atoms with Crippen molar-refractivity contribution in [2.24, 2.45) is 0 Å². The lowest BCUT2D eigenvalue weighted by Crippen LogP contribution is -2.12. The predicted molar refractivity (Wildman–Crippen MR) is 84.0 cm³/mol. The number of hydrogen-bond donors (Lipinski definition) is 1. The minimum absolute atomic E-state index is 0.464. The van der Waals surface area contributed by atoms with Gasteiger partial charge in [0, 0.05) is 18.8 Å². The number of benzene rings is 2. The molecule has 1 saturated heterocycles. The minimum atomic E-state index is 0.464. The van der Waals surface area contributed by atoms with Crippen molar-refractivity contribution in [2.45, 2.75) is 25.4 Å². The van der Waals surface area contributed by atoms with Crippen LogP contribution < -0.4 is 5.32 Å². The second kappa shape index (κ2) is 6.58. The summed E-state index contributed by atoms with van der Waals surface area (Å²) in [6, 6.07) is 19.1. The summed E-state index contributed by atoms with van der Waals surface area (Å²) in [6.07, 6.45) is 4.00. The molecule has 0 spiro atoms. The molecular formula is C18H21NO. The van der Waals surface area contributed by atoms with Crippen molar-refractivity contribution in [1.29, 1.82) is 0 Å². The zero-order chi connectivity index (χ0) is 13.6. The first-order valence-corrected chi connectivity index (χ1v) is 7.43. The fourth-order valence-electron chi connectivity index (χ4n) is 2.66. The van der Waals surface area contributed by atoms with Gasteiger partial charge < -0.3 is 10.1 Å². The second-order valence-electron chi connectivity index (χ2n) is 5.29. The van der Waals surface area contributed by atoms with Crippen LogP contribution in [0.1, 0.15) is 19.3 Å². The van der Waals surface area contributed by atoms with Crippen molar-refractivity contribution in [3.05, 3.63) is 54.6 Å². The van der Waals surface area contributed by atoms with Crippen LogP contribution in [0.2, 0.25) is 0 Å². The smallest absolute Gasteiger partial charge is 0.0592 e. The first kappa shape index (κ1) is 13.2. The highest BCUT2D eigenvalue weighted by atomic mass is 16.5. The van der Waals surface area contributed by atoms with Crippen LogP contribution in [-0.4, -0.2) is 19.3 Å². The molecule has 1 aliphatic heterocycles. The van der Waals surface area contributed by atoms with Crippen LogP contribution in [0.25, 0.3) is 11.1 Å². The Kier molecular flexibility index (Phi) is 4.34. The molecule has 1 heterocycles. The van der Waals surface area contributed by atoms with E-state index < -0.39 is 0 Å². The van der Waals surface area contributed by atoms with Crippen LogP contribution in [0.15, 0.2) is 54.6 Å². The lowest BCUT2D eigenvalue weighted by atomic mass is 10.1. The van der Waals surface area contributed by atoms with Gasteiger partial charge in [-0.3, -0.25) is 0 Å². The highest BCUT2D eigenvalue weighted by Gasteiger charge is 2.14. The molecule has 0 aliphatic carbocycles. The zero-order valence-corrected chi connectivity index (χ0v) is 11.7. The third-order valence-corrected chi connectivity index (χ3v) is 3.81. The van der Waals surface area contributed by atoms with Crippen LogP contribution in [0.3, 0.4) is 0 Å². The Bertz CT molecular complexity index is 515. The van der Waals surface area contributed by atoms with E-state index in [0.29, 0.717) is 6.10 Å². The molecule has 2 aromatic carbocycles. The van der Waals surface area contributed by atoms with Crippen LogP contribution in [0, 0.1) is 0 Å². The maximum Gasteiger partial charge on any atom is 0.0592 e. The molecule has 1 aliphatic rings. The lowest BCUT2D eigenvalue weighted by molar-refractivity contribution is 0.107. The normalized spacial score (nSPS) is 18.1. The van der Waals surface area contributed by atoms with Crippen molar-refractivity contribution in [3.63, 3.8) is 0 Å². The number of anilines is 1. The van der Waals surface area contributed by atoms with Crippen molar-refractivity contribution >= 4 is 5.69 Å². The van der Waals surface area contributed by atoms with Gasteiger partial charge in [0.25, 0.3) is 0 Å². The van der Waals surface area contributed by atoms with E-state index in [4.69, 9.17) is 4.74 Å². The molecule has 0 bridgehead atoms. The molecule has 0 aromatic heterocycles. The quantitative estimate of drug-likeness (QED) is 0.870. The van der Waals surface area contributed by atoms with Gasteiger partial charge in [0.05, 0.1) is 6.10 Å². The molecular weight excluding hydrogens is 246 g/mol. The average molecular weight is 267 g/mol. The van der Waals surface area contributed by atoms with Crippen molar-refractivity contribution in [1.82, 2.24) is 0 Å². The van der Waals surface area contributed by atoms with Gasteiger partial charge in [-0.05, 0) is 42.5 Å². The Hall–Kier alpha value is -1.80. The zero-order valence-electron chi connectivity index (χ0n) is 11.7. The Morgan fingerprint density at radius 2 is 1.70 bits per heavy atom. The molecule has 2 heteroatoms. The monoisotopic (exact) mass is 267 g/mol. The summed E-state index contributed by atoms with van der Waals surface area (Å²) in [5.74, 6) is 0. The van der Waals surface area contributed by atoms with Crippen LogP contribution >= 0.6 is 0 Å². The first-order valence-electron chi connectivity index (χ1n) is 7.43. The average Bonchev–Trinajstić information content (AvgIpc) is 3.02. The van der Waals surface area contributed by atoms with E-state index in [1.807, 2.05) is 6.07 Å². The van der Waals surface area contributed by atoms with E-state index in [0.717, 1.165) is 19.6 Å². The summed E-state index contributed by atoms with van der Waals surface area (Å²) in [7, 11) is 0. The fraction of sp³-hybridized carbons (Fsp3) is 0.333. The highest BCUT2D eigenvalue weighted by Crippen LogP contribution is 2.21. The molecule has 104 valence electrons. The summed E-state index contributed by atoms with van der Waals surface area (Å²) in [4.78, 5) is 0. The Morgan fingerprint density at radius 3 is 2.40 bits per heavy atom. The summed E-state index contributed by atoms with van der Waals surface area (Å²) in [5.41, 5.74) is 3.70. The standard InChI is InChI=1S/C18H21NO/c1-2-5-15(6-3-1)16-8-10-17(11-9-16)19-13-12-18-7-4-14-20-18/h1-3,5-6,8-11,18-19H,4,7,12-14H2. The molecule has 0 amide bonds. The molecule has 2 aromatic rings. The van der Waals surface area contributed by atoms with Gasteiger partial charge in [-0.1, -0.05) is 42.5 Å². The fourth-order valence-corrected chi connectivity index (χ4v) is 2.66. The number of rotatable bonds is 5. The van der Waals surface area contributed by atoms with Gasteiger partial charge in [0.15, 0.2) is 0 Å². The number of hydrogen-bond acceptors (Lipinski definition) is 2. The number of ether oxygens (including phenoxy) is 1. The first-order chi connectivity index (χ1) is 9.92. The van der Waals surface area contributed by atoms with Gasteiger partial charge in [-0.15, -0.1) is 0 Å². The van der Waals surface area contributed by atoms with E-state index in [2.05, 4.69) is 53.8 Å². The predicted octanol–water partition coefficient (Wildman–Crippen LogP) is 4.33. The van der Waals surface area contributed by atoms with Crippen molar-refractivity contribution in [3.8, 4) is 11.1 Å². The van der Waals surface area contributed by atoms with Crippen LogP contribution in [0.4, 0.5) is 5.69 Å². The molecule has 0 saturated carbocycles. The summed E-state index contributed by atoms with van der Waals surface area (Å²) < 4.78 is 5.63. The van der Waals surface area contributed by atoms with Gasteiger partial charge in [-0.25, -0.2) is 0 Å². The molecule has 1 fully saturated rings. The van der Waals surface area contributed by atoms with E-state index in [1.54, 1.807) is 0 Å². The SMILES string of the molecule is c1ccc(-c2ccc(NCCC3CCCO3)cc2)cc1. The van der Waals surface area contributed by atoms with Gasteiger partial charge in [0.2, 0.25) is 0 Å². The van der Waals surface area contributed by atoms with E-state index in [-0.39, 0.29) is 0 Å². The van der Waals surface area contributed by atoms with Crippen molar-refractivity contribution in [2.75, 3.05) is 18.5 Å². The third-order valence-electron chi connectivity index (χ3n) is 3.81. The largest absolute Gasteiger partial charge is 0.385 e. The van der Waals surface area contributed by atoms with Crippen molar-refractivity contribution < 1.29 is 4.74 Å². The molecule has 1 atom stereocenters. The van der Waals surface area contributed by atoms with E-state index >= 15 is 0 Å².